The summed E-state index contributed by atoms with van der Waals surface area (Å²) in [5.41, 5.74) is 1.56. The Kier molecular flexibility index (Phi) is 4.64. The molecule has 0 saturated heterocycles. The molecule has 1 atom stereocenters. The Morgan fingerprint density at radius 2 is 2.00 bits per heavy atom. The van der Waals surface area contributed by atoms with Gasteiger partial charge < -0.3 is 10.4 Å². The lowest BCUT2D eigenvalue weighted by Gasteiger charge is -2.15. The SMILES string of the molecule is CC(NC(=O)Cc1ccccc1O)c1cccc(Cl)c1. The first kappa shape index (κ1) is 14.4. The molecule has 20 heavy (non-hydrogen) atoms. The van der Waals surface area contributed by atoms with Crippen LogP contribution in [0.1, 0.15) is 24.1 Å². The van der Waals surface area contributed by atoms with Gasteiger partial charge in [-0.15, -0.1) is 0 Å². The summed E-state index contributed by atoms with van der Waals surface area (Å²) in [6.07, 6.45) is 0.150. The fourth-order valence-electron chi connectivity index (χ4n) is 1.99. The standard InChI is InChI=1S/C16H16ClNO2/c1-11(12-6-4-7-14(17)9-12)18-16(20)10-13-5-2-3-8-15(13)19/h2-9,11,19H,10H2,1H3,(H,18,20). The van der Waals surface area contributed by atoms with E-state index < -0.39 is 0 Å². The molecule has 0 aliphatic carbocycles. The Balaban J connectivity index is 2.00. The number of phenols is 1. The van der Waals surface area contributed by atoms with Crippen molar-refractivity contribution in [2.24, 2.45) is 0 Å². The van der Waals surface area contributed by atoms with Gasteiger partial charge in [0.1, 0.15) is 5.75 Å². The number of halogens is 1. The number of aromatic hydroxyl groups is 1. The number of carbonyl (C=O) groups is 1. The molecule has 0 aromatic heterocycles. The summed E-state index contributed by atoms with van der Waals surface area (Å²) in [5, 5.41) is 13.2. The van der Waals surface area contributed by atoms with Crippen LogP contribution in [0.15, 0.2) is 48.5 Å². The lowest BCUT2D eigenvalue weighted by Crippen LogP contribution is -2.28. The van der Waals surface area contributed by atoms with E-state index in [0.717, 1.165) is 5.56 Å². The second kappa shape index (κ2) is 6.44. The fraction of sp³-hybridized carbons (Fsp3) is 0.188. The average molecular weight is 290 g/mol. The molecule has 2 aromatic rings. The molecule has 0 bridgehead atoms. The molecule has 0 heterocycles. The number of hydrogen-bond donors (Lipinski definition) is 2. The van der Waals surface area contributed by atoms with Gasteiger partial charge in [-0.2, -0.15) is 0 Å². The summed E-state index contributed by atoms with van der Waals surface area (Å²) in [6, 6.07) is 14.1. The van der Waals surface area contributed by atoms with Gasteiger partial charge in [-0.3, -0.25) is 4.79 Å². The summed E-state index contributed by atoms with van der Waals surface area (Å²) >= 11 is 5.93. The van der Waals surface area contributed by atoms with Crippen LogP contribution in [0.4, 0.5) is 0 Å². The van der Waals surface area contributed by atoms with Crippen LogP contribution >= 0.6 is 11.6 Å². The van der Waals surface area contributed by atoms with Crippen molar-refractivity contribution in [3.8, 4) is 5.75 Å². The van der Waals surface area contributed by atoms with Crippen LogP contribution in [0.2, 0.25) is 5.02 Å². The molecular formula is C16H16ClNO2. The van der Waals surface area contributed by atoms with E-state index >= 15 is 0 Å². The van der Waals surface area contributed by atoms with Gasteiger partial charge in [0.15, 0.2) is 0 Å². The second-order valence-electron chi connectivity index (χ2n) is 4.65. The molecule has 0 spiro atoms. The number of rotatable bonds is 4. The topological polar surface area (TPSA) is 49.3 Å². The number of hydrogen-bond acceptors (Lipinski definition) is 2. The van der Waals surface area contributed by atoms with E-state index in [-0.39, 0.29) is 24.1 Å². The van der Waals surface area contributed by atoms with Crippen LogP contribution in [0.3, 0.4) is 0 Å². The molecular weight excluding hydrogens is 274 g/mol. The molecule has 0 aliphatic rings. The second-order valence-corrected chi connectivity index (χ2v) is 5.09. The van der Waals surface area contributed by atoms with E-state index in [1.54, 1.807) is 30.3 Å². The van der Waals surface area contributed by atoms with E-state index in [2.05, 4.69) is 5.32 Å². The maximum atomic E-state index is 12.0. The van der Waals surface area contributed by atoms with Crippen LogP contribution in [0.25, 0.3) is 0 Å². The van der Waals surface area contributed by atoms with E-state index in [0.29, 0.717) is 10.6 Å². The minimum absolute atomic E-state index is 0.132. The van der Waals surface area contributed by atoms with Crippen molar-refractivity contribution >= 4 is 17.5 Å². The van der Waals surface area contributed by atoms with Crippen molar-refractivity contribution < 1.29 is 9.90 Å². The zero-order valence-electron chi connectivity index (χ0n) is 11.1. The van der Waals surface area contributed by atoms with E-state index in [1.165, 1.54) is 0 Å². The van der Waals surface area contributed by atoms with Gasteiger partial charge in [0, 0.05) is 10.6 Å². The maximum Gasteiger partial charge on any atom is 0.225 e. The van der Waals surface area contributed by atoms with E-state index in [9.17, 15) is 9.90 Å². The van der Waals surface area contributed by atoms with Crippen LogP contribution in [0, 0.1) is 0 Å². The number of benzene rings is 2. The smallest absolute Gasteiger partial charge is 0.225 e. The predicted molar refractivity (Wildman–Crippen MR) is 79.8 cm³/mol. The Bertz CT molecular complexity index is 613. The van der Waals surface area contributed by atoms with Gasteiger partial charge >= 0.3 is 0 Å². The zero-order valence-corrected chi connectivity index (χ0v) is 11.9. The van der Waals surface area contributed by atoms with Gasteiger partial charge in [-0.1, -0.05) is 41.9 Å². The Hall–Kier alpha value is -2.00. The number of amides is 1. The highest BCUT2D eigenvalue weighted by atomic mass is 35.5. The molecule has 3 nitrogen and oxygen atoms in total. The van der Waals surface area contributed by atoms with Crippen LogP contribution in [-0.2, 0) is 11.2 Å². The number of carbonyl (C=O) groups excluding carboxylic acids is 1. The molecule has 2 rings (SSSR count). The van der Waals surface area contributed by atoms with Gasteiger partial charge in [-0.05, 0) is 30.7 Å². The third kappa shape index (κ3) is 3.75. The Morgan fingerprint density at radius 1 is 1.25 bits per heavy atom. The largest absolute Gasteiger partial charge is 0.508 e. The fourth-order valence-corrected chi connectivity index (χ4v) is 2.18. The summed E-state index contributed by atoms with van der Waals surface area (Å²) < 4.78 is 0. The Morgan fingerprint density at radius 3 is 2.70 bits per heavy atom. The molecule has 0 saturated carbocycles. The van der Waals surface area contributed by atoms with Crippen LogP contribution in [-0.4, -0.2) is 11.0 Å². The summed E-state index contributed by atoms with van der Waals surface area (Å²) in [7, 11) is 0. The van der Waals surface area contributed by atoms with E-state index in [4.69, 9.17) is 11.6 Å². The van der Waals surface area contributed by atoms with Crippen molar-refractivity contribution in [1.29, 1.82) is 0 Å². The van der Waals surface area contributed by atoms with Crippen molar-refractivity contribution in [2.75, 3.05) is 0 Å². The van der Waals surface area contributed by atoms with Crippen molar-refractivity contribution in [1.82, 2.24) is 5.32 Å². The molecule has 2 N–H and O–H groups in total. The molecule has 104 valence electrons. The molecule has 0 aliphatic heterocycles. The highest BCUT2D eigenvalue weighted by Gasteiger charge is 2.12. The van der Waals surface area contributed by atoms with Crippen LogP contribution < -0.4 is 5.32 Å². The van der Waals surface area contributed by atoms with Gasteiger partial charge in [0.2, 0.25) is 5.91 Å². The normalized spacial score (nSPS) is 11.9. The van der Waals surface area contributed by atoms with Gasteiger partial charge in [-0.25, -0.2) is 0 Å². The summed E-state index contributed by atoms with van der Waals surface area (Å²) in [6.45, 7) is 1.90. The number of nitrogens with one attached hydrogen (secondary N) is 1. The molecule has 4 heteroatoms. The highest BCUT2D eigenvalue weighted by Crippen LogP contribution is 2.19. The lowest BCUT2D eigenvalue weighted by atomic mass is 10.1. The lowest BCUT2D eigenvalue weighted by molar-refractivity contribution is -0.121. The van der Waals surface area contributed by atoms with Gasteiger partial charge in [0.05, 0.1) is 12.5 Å². The molecule has 1 unspecified atom stereocenters. The minimum atomic E-state index is -0.140. The minimum Gasteiger partial charge on any atom is -0.508 e. The monoisotopic (exact) mass is 289 g/mol. The van der Waals surface area contributed by atoms with Crippen molar-refractivity contribution in [2.45, 2.75) is 19.4 Å². The first-order chi connectivity index (χ1) is 9.56. The first-order valence-electron chi connectivity index (χ1n) is 6.38. The Labute approximate surface area is 123 Å². The number of phenolic OH excluding ortho intramolecular Hbond substituents is 1. The molecule has 1 amide bonds. The zero-order chi connectivity index (χ0) is 14.5. The molecule has 0 fully saturated rings. The molecule has 2 aromatic carbocycles. The van der Waals surface area contributed by atoms with Crippen molar-refractivity contribution in [3.63, 3.8) is 0 Å². The summed E-state index contributed by atoms with van der Waals surface area (Å²) in [5.74, 6) is -0.00275. The average Bonchev–Trinajstić information content (AvgIpc) is 2.41. The first-order valence-corrected chi connectivity index (χ1v) is 6.76. The summed E-state index contributed by atoms with van der Waals surface area (Å²) in [4.78, 5) is 12.0. The maximum absolute atomic E-state index is 12.0. The third-order valence-corrected chi connectivity index (χ3v) is 3.30. The number of para-hydroxylation sites is 1. The van der Waals surface area contributed by atoms with Crippen molar-refractivity contribution in [3.05, 3.63) is 64.7 Å². The highest BCUT2D eigenvalue weighted by molar-refractivity contribution is 6.30. The van der Waals surface area contributed by atoms with E-state index in [1.807, 2.05) is 25.1 Å². The third-order valence-electron chi connectivity index (χ3n) is 3.07. The predicted octanol–water partition coefficient (Wildman–Crippen LogP) is 3.47. The molecule has 0 radical (unpaired) electrons. The van der Waals surface area contributed by atoms with Crippen LogP contribution in [0.5, 0.6) is 5.75 Å². The van der Waals surface area contributed by atoms with Gasteiger partial charge in [0.25, 0.3) is 0 Å². The quantitative estimate of drug-likeness (QED) is 0.905.